The van der Waals surface area contributed by atoms with Crippen LogP contribution in [0.1, 0.15) is 124 Å². The van der Waals surface area contributed by atoms with Gasteiger partial charge in [-0.25, -0.2) is 22.0 Å². The van der Waals surface area contributed by atoms with Gasteiger partial charge in [0.2, 0.25) is 5.82 Å². The first-order valence-corrected chi connectivity index (χ1v) is 16.9. The van der Waals surface area contributed by atoms with Gasteiger partial charge in [-0.1, -0.05) is 42.5 Å². The first kappa shape index (κ1) is 34.1. The lowest BCUT2D eigenvalue weighted by Crippen LogP contribution is -2.17. The number of aryl methyl sites for hydroxylation is 2. The van der Waals surface area contributed by atoms with E-state index in [1.165, 1.54) is 6.07 Å². The van der Waals surface area contributed by atoms with Crippen molar-refractivity contribution < 1.29 is 31.1 Å². The Kier molecular flexibility index (Phi) is 11.6. The van der Waals surface area contributed by atoms with Crippen molar-refractivity contribution in [1.29, 1.82) is 0 Å². The molecule has 0 aromatic heterocycles. The third-order valence-corrected chi connectivity index (χ3v) is 10.3. The van der Waals surface area contributed by atoms with Crippen LogP contribution in [0.3, 0.4) is 0 Å². The van der Waals surface area contributed by atoms with Crippen LogP contribution in [-0.2, 0) is 12.8 Å². The van der Waals surface area contributed by atoms with Gasteiger partial charge in [-0.3, -0.25) is 0 Å². The molecule has 0 unspecified atom stereocenters. The van der Waals surface area contributed by atoms with Gasteiger partial charge in [-0.2, -0.15) is 4.39 Å². The average molecular weight is 643 g/mol. The lowest BCUT2D eigenvalue weighted by Gasteiger charge is -2.30. The van der Waals surface area contributed by atoms with E-state index in [-0.39, 0.29) is 30.1 Å². The van der Waals surface area contributed by atoms with Gasteiger partial charge in [0.25, 0.3) is 0 Å². The lowest BCUT2D eigenvalue weighted by molar-refractivity contribution is 0.303. The Labute approximate surface area is 269 Å². The summed E-state index contributed by atoms with van der Waals surface area (Å²) in [5, 5.41) is 0. The normalized spacial score (nSPS) is 22.0. The summed E-state index contributed by atoms with van der Waals surface area (Å²) < 4.78 is 94.5. The van der Waals surface area contributed by atoms with Gasteiger partial charge in [-0.05, 0) is 148 Å². The maximum Gasteiger partial charge on any atom is 0.200 e. The Bertz CT molecular complexity index is 1520. The number of ether oxygens (including phenoxy) is 1. The molecule has 2 saturated carbocycles. The van der Waals surface area contributed by atoms with Crippen LogP contribution in [0.25, 0.3) is 0 Å². The number of benzene rings is 3. The summed E-state index contributed by atoms with van der Waals surface area (Å²) in [6.07, 6.45) is 11.5. The lowest BCUT2D eigenvalue weighted by atomic mass is 9.75. The molecule has 46 heavy (non-hydrogen) atoms. The fourth-order valence-corrected chi connectivity index (χ4v) is 7.60. The Balaban J connectivity index is 1.13. The molecule has 0 radical (unpaired) electrons. The first-order chi connectivity index (χ1) is 22.2. The van der Waals surface area contributed by atoms with Crippen molar-refractivity contribution >= 4 is 0 Å². The summed E-state index contributed by atoms with van der Waals surface area (Å²) in [6, 6.07) is 9.83. The molecule has 0 spiro atoms. The van der Waals surface area contributed by atoms with E-state index in [9.17, 15) is 17.6 Å². The zero-order chi connectivity index (χ0) is 32.8. The second-order valence-corrected chi connectivity index (χ2v) is 13.0. The number of hydrogen-bond donors (Lipinski definition) is 0. The summed E-state index contributed by atoms with van der Waals surface area (Å²) in [7, 11) is 0. The molecule has 0 heterocycles. The van der Waals surface area contributed by atoms with E-state index in [0.717, 1.165) is 25.7 Å². The fraction of sp³-hybridized carbons (Fsp3) is 0.487. The molecule has 248 valence electrons. The van der Waals surface area contributed by atoms with Crippen LogP contribution >= 0.6 is 0 Å². The third-order valence-electron chi connectivity index (χ3n) is 10.3. The van der Waals surface area contributed by atoms with Crippen LogP contribution in [0.2, 0.25) is 0 Å². The maximum absolute atomic E-state index is 15.3. The van der Waals surface area contributed by atoms with Crippen molar-refractivity contribution in [3.8, 4) is 5.75 Å². The molecule has 0 atom stereocenters. The largest absolute Gasteiger partial charge is 0.491 e. The Morgan fingerprint density at radius 2 is 1.04 bits per heavy atom. The highest BCUT2D eigenvalue weighted by atomic mass is 19.2. The number of hydrogen-bond acceptors (Lipinski definition) is 1. The Morgan fingerprint density at radius 1 is 0.587 bits per heavy atom. The van der Waals surface area contributed by atoms with Crippen molar-refractivity contribution in [1.82, 2.24) is 0 Å². The second kappa shape index (κ2) is 15.6. The molecule has 0 saturated heterocycles. The zero-order valence-electron chi connectivity index (χ0n) is 26.8. The molecule has 0 N–H and O–H groups in total. The number of allylic oxidation sites excluding steroid dienone is 2. The molecule has 2 fully saturated rings. The molecule has 0 aliphatic heterocycles. The van der Waals surface area contributed by atoms with E-state index < -0.39 is 34.9 Å². The molecule has 3 aromatic carbocycles. The average Bonchev–Trinajstić information content (AvgIpc) is 3.07. The highest BCUT2D eigenvalue weighted by Gasteiger charge is 2.30. The molecular weight excluding hydrogens is 598 g/mol. The van der Waals surface area contributed by atoms with Crippen molar-refractivity contribution in [2.45, 2.75) is 109 Å². The van der Waals surface area contributed by atoms with Crippen LogP contribution in [0.4, 0.5) is 26.3 Å². The molecule has 1 nitrogen and oxygen atoms in total. The highest BCUT2D eigenvalue weighted by Crippen LogP contribution is 2.44. The van der Waals surface area contributed by atoms with E-state index in [2.05, 4.69) is 0 Å². The maximum atomic E-state index is 15.3. The van der Waals surface area contributed by atoms with Gasteiger partial charge >= 0.3 is 0 Å². The summed E-state index contributed by atoms with van der Waals surface area (Å²) in [4.78, 5) is 0. The van der Waals surface area contributed by atoms with Gasteiger partial charge in [0, 0.05) is 0 Å². The van der Waals surface area contributed by atoms with E-state index in [4.69, 9.17) is 4.74 Å². The predicted octanol–water partition coefficient (Wildman–Crippen LogP) is 11.8. The van der Waals surface area contributed by atoms with Gasteiger partial charge < -0.3 is 4.74 Å². The monoisotopic (exact) mass is 642 g/mol. The quantitative estimate of drug-likeness (QED) is 0.149. The minimum atomic E-state index is -0.983. The summed E-state index contributed by atoms with van der Waals surface area (Å²) in [5.41, 5.74) is 1.85. The third kappa shape index (κ3) is 7.50. The molecule has 2 aliphatic rings. The van der Waals surface area contributed by atoms with Crippen molar-refractivity contribution in [3.05, 3.63) is 111 Å². The van der Waals surface area contributed by atoms with E-state index >= 15 is 8.78 Å². The number of rotatable bonds is 11. The second-order valence-electron chi connectivity index (χ2n) is 13.0. The predicted molar refractivity (Wildman–Crippen MR) is 170 cm³/mol. The summed E-state index contributed by atoms with van der Waals surface area (Å²) in [5.74, 6) is -5.16. The minimum Gasteiger partial charge on any atom is -0.491 e. The van der Waals surface area contributed by atoms with Crippen LogP contribution in [-0.4, -0.2) is 6.61 Å². The minimum absolute atomic E-state index is 0.0381. The molecular formula is C39H44F6O. The fourth-order valence-electron chi connectivity index (χ4n) is 7.60. The van der Waals surface area contributed by atoms with E-state index in [1.54, 1.807) is 37.3 Å². The van der Waals surface area contributed by atoms with E-state index in [0.29, 0.717) is 85.1 Å². The molecule has 0 bridgehead atoms. The molecule has 2 aliphatic carbocycles. The molecule has 5 rings (SSSR count). The molecule has 3 aromatic rings. The van der Waals surface area contributed by atoms with Crippen molar-refractivity contribution in [2.24, 2.45) is 5.92 Å². The van der Waals surface area contributed by atoms with E-state index in [1.807, 2.05) is 19.1 Å². The van der Waals surface area contributed by atoms with Gasteiger partial charge in [-0.15, -0.1) is 0 Å². The summed E-state index contributed by atoms with van der Waals surface area (Å²) >= 11 is 0. The Morgan fingerprint density at radius 3 is 1.54 bits per heavy atom. The first-order valence-electron chi connectivity index (χ1n) is 16.9. The Hall–Kier alpha value is -3.22. The van der Waals surface area contributed by atoms with Crippen LogP contribution < -0.4 is 4.74 Å². The standard InChI is InChI=1S/C39H44F6O/c1-3-5-6-7-28-18-20-30(36(42)34(28)40)25-11-8-24(9-12-25)10-13-29-19-21-31(37(43)35(29)41)26-14-16-27(17-15-26)32-22-23-33(46-4-2)39(45)38(32)44/h3,5,18-27H,4,6-17H2,1-2H3/b5-3+. The van der Waals surface area contributed by atoms with Crippen LogP contribution in [0, 0.1) is 40.8 Å². The van der Waals surface area contributed by atoms with Gasteiger partial charge in [0.05, 0.1) is 6.61 Å². The van der Waals surface area contributed by atoms with Crippen LogP contribution in [0.15, 0.2) is 48.6 Å². The van der Waals surface area contributed by atoms with Crippen molar-refractivity contribution in [2.75, 3.05) is 6.61 Å². The highest BCUT2D eigenvalue weighted by molar-refractivity contribution is 5.35. The summed E-state index contributed by atoms with van der Waals surface area (Å²) in [6.45, 7) is 3.84. The molecule has 0 amide bonds. The van der Waals surface area contributed by atoms with Crippen LogP contribution in [0.5, 0.6) is 5.75 Å². The topological polar surface area (TPSA) is 9.23 Å². The zero-order valence-corrected chi connectivity index (χ0v) is 26.8. The van der Waals surface area contributed by atoms with Gasteiger partial charge in [0.15, 0.2) is 34.8 Å². The molecule has 7 heteroatoms. The SMILES string of the molecule is C/C=C/CCc1ccc(C2CCC(CCc3ccc(C4CCC(c5ccc(OCC)c(F)c5F)CC4)c(F)c3F)CC2)c(F)c1F. The van der Waals surface area contributed by atoms with Gasteiger partial charge in [0.1, 0.15) is 0 Å². The smallest absolute Gasteiger partial charge is 0.200 e. The van der Waals surface area contributed by atoms with Crippen molar-refractivity contribution in [3.63, 3.8) is 0 Å². The number of halogens is 6.